The van der Waals surface area contributed by atoms with E-state index in [2.05, 4.69) is 4.90 Å². The van der Waals surface area contributed by atoms with E-state index in [0.717, 1.165) is 36.5 Å². The van der Waals surface area contributed by atoms with Crippen molar-refractivity contribution in [3.8, 4) is 5.75 Å². The molecule has 0 bridgehead atoms. The van der Waals surface area contributed by atoms with Crippen molar-refractivity contribution in [3.05, 3.63) is 23.8 Å². The minimum Gasteiger partial charge on any atom is -0.497 e. The van der Waals surface area contributed by atoms with Crippen LogP contribution in [0.4, 0.5) is 5.69 Å². The summed E-state index contributed by atoms with van der Waals surface area (Å²) in [6.07, 6.45) is 0.962. The van der Waals surface area contributed by atoms with E-state index in [4.69, 9.17) is 10.5 Å². The lowest BCUT2D eigenvalue weighted by Crippen LogP contribution is -2.34. The first-order valence-corrected chi connectivity index (χ1v) is 6.51. The van der Waals surface area contributed by atoms with Gasteiger partial charge in [-0.05, 0) is 18.1 Å². The van der Waals surface area contributed by atoms with Crippen LogP contribution in [0.25, 0.3) is 0 Å². The molecule has 0 radical (unpaired) electrons. The van der Waals surface area contributed by atoms with Gasteiger partial charge in [0.15, 0.2) is 0 Å². The Kier molecular flexibility index (Phi) is 4.27. The Morgan fingerprint density at radius 3 is 2.84 bits per heavy atom. The predicted octanol–water partition coefficient (Wildman–Crippen LogP) is 0.822. The number of ether oxygens (including phenoxy) is 1. The molecular formula is C14H21N3O2. The number of anilines is 1. The first-order valence-electron chi connectivity index (χ1n) is 6.51. The monoisotopic (exact) mass is 263 g/mol. The number of benzene rings is 1. The molecule has 2 rings (SSSR count). The van der Waals surface area contributed by atoms with Crippen LogP contribution in [0.5, 0.6) is 5.75 Å². The number of nitrogens with two attached hydrogens (primary N) is 1. The van der Waals surface area contributed by atoms with Crippen molar-refractivity contribution in [3.63, 3.8) is 0 Å². The predicted molar refractivity (Wildman–Crippen MR) is 75.4 cm³/mol. The number of hydrogen-bond donors (Lipinski definition) is 1. The van der Waals surface area contributed by atoms with E-state index >= 15 is 0 Å². The molecule has 1 fully saturated rings. The molecule has 1 amide bonds. The lowest BCUT2D eigenvalue weighted by Gasteiger charge is -2.25. The molecule has 1 aliphatic heterocycles. The molecule has 0 spiro atoms. The van der Waals surface area contributed by atoms with Gasteiger partial charge in [-0.1, -0.05) is 6.07 Å². The molecule has 5 heteroatoms. The van der Waals surface area contributed by atoms with Gasteiger partial charge in [-0.15, -0.1) is 0 Å². The lowest BCUT2D eigenvalue weighted by molar-refractivity contribution is -0.127. The van der Waals surface area contributed by atoms with Gasteiger partial charge in [-0.3, -0.25) is 4.79 Å². The Hall–Kier alpha value is -1.75. The fourth-order valence-corrected chi connectivity index (χ4v) is 2.33. The molecular weight excluding hydrogens is 242 g/mol. The van der Waals surface area contributed by atoms with Crippen molar-refractivity contribution < 1.29 is 9.53 Å². The number of nitrogens with zero attached hydrogens (tertiary/aromatic N) is 2. The molecule has 19 heavy (non-hydrogen) atoms. The normalized spacial score (nSPS) is 16.5. The van der Waals surface area contributed by atoms with Crippen molar-refractivity contribution in [2.45, 2.75) is 13.0 Å². The topological polar surface area (TPSA) is 58.8 Å². The second-order valence-corrected chi connectivity index (χ2v) is 4.79. The number of methoxy groups -OCH3 is 1. The van der Waals surface area contributed by atoms with Gasteiger partial charge in [0.05, 0.1) is 13.7 Å². The van der Waals surface area contributed by atoms with Crippen molar-refractivity contribution in [2.24, 2.45) is 5.73 Å². The number of hydrogen-bond acceptors (Lipinski definition) is 4. The Balaban J connectivity index is 2.31. The van der Waals surface area contributed by atoms with Crippen LogP contribution < -0.4 is 15.4 Å². The van der Waals surface area contributed by atoms with E-state index in [0.29, 0.717) is 13.1 Å². The minimum absolute atomic E-state index is 0.142. The summed E-state index contributed by atoms with van der Waals surface area (Å²) in [5.74, 6) is 0.931. The van der Waals surface area contributed by atoms with E-state index < -0.39 is 0 Å². The van der Waals surface area contributed by atoms with Crippen LogP contribution in [0.2, 0.25) is 0 Å². The van der Waals surface area contributed by atoms with E-state index in [-0.39, 0.29) is 5.91 Å². The third-order valence-corrected chi connectivity index (χ3v) is 3.53. The molecule has 1 saturated heterocycles. The van der Waals surface area contributed by atoms with Gasteiger partial charge in [-0.2, -0.15) is 0 Å². The number of rotatable bonds is 3. The van der Waals surface area contributed by atoms with Gasteiger partial charge in [0, 0.05) is 38.4 Å². The molecule has 0 unspecified atom stereocenters. The van der Waals surface area contributed by atoms with Crippen LogP contribution in [0.3, 0.4) is 0 Å². The highest BCUT2D eigenvalue weighted by molar-refractivity contribution is 5.82. The van der Waals surface area contributed by atoms with Crippen LogP contribution in [0.1, 0.15) is 12.0 Å². The maximum Gasteiger partial charge on any atom is 0.241 e. The van der Waals surface area contributed by atoms with Gasteiger partial charge < -0.3 is 20.3 Å². The van der Waals surface area contributed by atoms with Crippen molar-refractivity contribution in [1.29, 1.82) is 0 Å². The van der Waals surface area contributed by atoms with Gasteiger partial charge >= 0.3 is 0 Å². The van der Waals surface area contributed by atoms with Crippen molar-refractivity contribution in [1.82, 2.24) is 4.90 Å². The molecule has 0 aromatic heterocycles. The van der Waals surface area contributed by atoms with Gasteiger partial charge in [-0.25, -0.2) is 0 Å². The maximum absolute atomic E-state index is 12.0. The molecule has 1 aliphatic rings. The van der Waals surface area contributed by atoms with Crippen molar-refractivity contribution in [2.75, 3.05) is 38.7 Å². The molecule has 0 atom stereocenters. The quantitative estimate of drug-likeness (QED) is 0.877. The first kappa shape index (κ1) is 13.7. The van der Waals surface area contributed by atoms with E-state index in [1.807, 2.05) is 25.2 Å². The van der Waals surface area contributed by atoms with Crippen LogP contribution in [-0.4, -0.2) is 44.6 Å². The summed E-state index contributed by atoms with van der Waals surface area (Å²) in [7, 11) is 3.49. The summed E-state index contributed by atoms with van der Waals surface area (Å²) in [6.45, 7) is 2.52. The standard InChI is InChI=1S/C14H21N3O2/c1-16-6-3-7-17(10-14(16)18)13-8-12(19-2)5-4-11(13)9-15/h4-5,8H,3,6-7,9-10,15H2,1-2H3. The fourth-order valence-electron chi connectivity index (χ4n) is 2.33. The Morgan fingerprint density at radius 2 is 2.16 bits per heavy atom. The Bertz CT molecular complexity index is 462. The molecule has 1 aromatic rings. The van der Waals surface area contributed by atoms with E-state index in [9.17, 15) is 4.79 Å². The van der Waals surface area contributed by atoms with Gasteiger partial charge in [0.25, 0.3) is 0 Å². The van der Waals surface area contributed by atoms with Crippen LogP contribution in [0, 0.1) is 0 Å². The molecule has 1 heterocycles. The maximum atomic E-state index is 12.0. The minimum atomic E-state index is 0.142. The summed E-state index contributed by atoms with van der Waals surface area (Å²) >= 11 is 0. The summed E-state index contributed by atoms with van der Waals surface area (Å²) in [5, 5.41) is 0. The molecule has 5 nitrogen and oxygen atoms in total. The largest absolute Gasteiger partial charge is 0.497 e. The third-order valence-electron chi connectivity index (χ3n) is 3.53. The summed E-state index contributed by atoms with van der Waals surface area (Å²) in [6, 6.07) is 5.82. The first-order chi connectivity index (χ1) is 9.15. The van der Waals surface area contributed by atoms with Gasteiger partial charge in [0.2, 0.25) is 5.91 Å². The number of amides is 1. The van der Waals surface area contributed by atoms with Crippen LogP contribution in [0.15, 0.2) is 18.2 Å². The highest BCUT2D eigenvalue weighted by atomic mass is 16.5. The Morgan fingerprint density at radius 1 is 1.37 bits per heavy atom. The van der Waals surface area contributed by atoms with Crippen LogP contribution in [-0.2, 0) is 11.3 Å². The molecule has 1 aromatic carbocycles. The second kappa shape index (κ2) is 5.93. The van der Waals surface area contributed by atoms with E-state index in [1.165, 1.54) is 0 Å². The highest BCUT2D eigenvalue weighted by Crippen LogP contribution is 2.27. The zero-order valence-electron chi connectivity index (χ0n) is 11.6. The molecule has 104 valence electrons. The zero-order chi connectivity index (χ0) is 13.8. The van der Waals surface area contributed by atoms with Gasteiger partial charge in [0.1, 0.15) is 5.75 Å². The van der Waals surface area contributed by atoms with Crippen molar-refractivity contribution >= 4 is 11.6 Å². The molecule has 0 aliphatic carbocycles. The van der Waals surface area contributed by atoms with E-state index in [1.54, 1.807) is 12.0 Å². The Labute approximate surface area is 113 Å². The summed E-state index contributed by atoms with van der Waals surface area (Å²) in [4.78, 5) is 15.8. The number of likely N-dealkylation sites (N-methyl/N-ethyl adjacent to an activating group) is 1. The average Bonchev–Trinajstić information content (AvgIpc) is 2.60. The molecule has 2 N–H and O–H groups in total. The number of carbonyl (C=O) groups is 1. The van der Waals surface area contributed by atoms with Crippen LogP contribution >= 0.6 is 0 Å². The highest BCUT2D eigenvalue weighted by Gasteiger charge is 2.21. The molecule has 0 saturated carbocycles. The third kappa shape index (κ3) is 2.98. The fraction of sp³-hybridized carbons (Fsp3) is 0.500. The lowest BCUT2D eigenvalue weighted by atomic mass is 10.1. The SMILES string of the molecule is COc1ccc(CN)c(N2CCCN(C)C(=O)C2)c1. The summed E-state index contributed by atoms with van der Waals surface area (Å²) in [5.41, 5.74) is 7.83. The smallest absolute Gasteiger partial charge is 0.241 e. The summed E-state index contributed by atoms with van der Waals surface area (Å²) < 4.78 is 5.26. The second-order valence-electron chi connectivity index (χ2n) is 4.79. The average molecular weight is 263 g/mol. The zero-order valence-corrected chi connectivity index (χ0v) is 11.6. The number of carbonyl (C=O) groups excluding carboxylic acids is 1.